The Labute approximate surface area is 238 Å². The summed E-state index contributed by atoms with van der Waals surface area (Å²) in [5.74, 6) is 3.93. The van der Waals surface area contributed by atoms with Crippen molar-refractivity contribution in [2.24, 2.45) is 0 Å². The molecule has 1 aliphatic rings. The minimum atomic E-state index is -3.30. The fourth-order valence-electron chi connectivity index (χ4n) is 4.25. The van der Waals surface area contributed by atoms with Gasteiger partial charge in [0.05, 0.1) is 17.4 Å². The van der Waals surface area contributed by atoms with Crippen molar-refractivity contribution in [3.05, 3.63) is 59.7 Å². The molecule has 0 radical (unpaired) electrons. The smallest absolute Gasteiger partial charge is 0.218 e. The fourth-order valence-corrected chi connectivity index (χ4v) is 8.75. The second-order valence-corrected chi connectivity index (χ2v) is 14.2. The number of unbranched alkanes of at least 4 members (excludes halogenated alkanes) is 2. The first-order valence-corrected chi connectivity index (χ1v) is 17.5. The third kappa shape index (κ3) is 9.97. The summed E-state index contributed by atoms with van der Waals surface area (Å²) in [4.78, 5) is 2.26. The quantitative estimate of drug-likeness (QED) is 0.161. The molecule has 0 atom stereocenters. The van der Waals surface area contributed by atoms with Crippen LogP contribution in [-0.4, -0.2) is 75.6 Å². The van der Waals surface area contributed by atoms with E-state index in [1.54, 1.807) is 11.4 Å². The molecule has 2 aromatic rings. The first-order valence-electron chi connectivity index (χ1n) is 13.7. The van der Waals surface area contributed by atoms with Crippen LogP contribution in [0.5, 0.6) is 11.5 Å². The molecule has 0 amide bonds. The van der Waals surface area contributed by atoms with Crippen LogP contribution in [0.25, 0.3) is 0 Å². The van der Waals surface area contributed by atoms with Crippen LogP contribution < -0.4 is 9.47 Å². The van der Waals surface area contributed by atoms with Gasteiger partial charge in [-0.05, 0) is 47.6 Å². The van der Waals surface area contributed by atoms with Gasteiger partial charge in [0.2, 0.25) is 10.0 Å². The van der Waals surface area contributed by atoms with Gasteiger partial charge >= 0.3 is 0 Å². The predicted molar refractivity (Wildman–Crippen MR) is 163 cm³/mol. The number of ether oxygens (including phenoxy) is 2. The number of nitrogens with zero attached hydrogens (tertiary/aromatic N) is 2. The molecular formula is C29H44N2O4S3. The molecule has 1 saturated heterocycles. The molecule has 6 nitrogen and oxygen atoms in total. The Morgan fingerprint density at radius 3 is 2.16 bits per heavy atom. The minimum Gasteiger partial charge on any atom is -0.493 e. The van der Waals surface area contributed by atoms with Crippen LogP contribution >= 0.6 is 23.5 Å². The molecule has 0 aliphatic carbocycles. The zero-order valence-corrected chi connectivity index (χ0v) is 25.6. The minimum absolute atomic E-state index is 0.0574. The van der Waals surface area contributed by atoms with Crippen molar-refractivity contribution >= 4 is 33.5 Å². The highest BCUT2D eigenvalue weighted by Gasteiger charge is 2.27. The van der Waals surface area contributed by atoms with Crippen molar-refractivity contribution in [2.75, 3.05) is 57.9 Å². The van der Waals surface area contributed by atoms with E-state index in [4.69, 9.17) is 9.47 Å². The highest BCUT2D eigenvalue weighted by atomic mass is 32.2. The maximum atomic E-state index is 12.8. The average molecular weight is 581 g/mol. The van der Waals surface area contributed by atoms with E-state index in [2.05, 4.69) is 30.9 Å². The van der Waals surface area contributed by atoms with Gasteiger partial charge in [-0.1, -0.05) is 63.1 Å². The summed E-state index contributed by atoms with van der Waals surface area (Å²) in [6.45, 7) is 8.20. The maximum absolute atomic E-state index is 12.8. The van der Waals surface area contributed by atoms with Gasteiger partial charge in [0.15, 0.2) is 11.5 Å². The average Bonchev–Trinajstić information content (AvgIpc) is 2.93. The third-order valence-corrected chi connectivity index (χ3v) is 11.4. The van der Waals surface area contributed by atoms with E-state index in [0.29, 0.717) is 37.4 Å². The second-order valence-electron chi connectivity index (χ2n) is 9.52. The second kappa shape index (κ2) is 16.7. The molecule has 0 aromatic heterocycles. The summed E-state index contributed by atoms with van der Waals surface area (Å²) in [7, 11) is -1.60. The molecule has 2 aromatic carbocycles. The summed E-state index contributed by atoms with van der Waals surface area (Å²) in [5, 5.41) is 0. The molecule has 0 N–H and O–H groups in total. The molecule has 1 aliphatic heterocycles. The Hall–Kier alpha value is -1.39. The highest BCUT2D eigenvalue weighted by molar-refractivity contribution is 8.16. The van der Waals surface area contributed by atoms with Crippen LogP contribution in [0.3, 0.4) is 0 Å². The monoisotopic (exact) mass is 580 g/mol. The van der Waals surface area contributed by atoms with Gasteiger partial charge in [0.1, 0.15) is 6.61 Å². The van der Waals surface area contributed by atoms with Gasteiger partial charge in [-0.2, -0.15) is 4.31 Å². The molecule has 3 rings (SSSR count). The summed E-state index contributed by atoms with van der Waals surface area (Å²) in [6.07, 6.45) is 4.91. The van der Waals surface area contributed by atoms with Crippen molar-refractivity contribution in [3.8, 4) is 11.5 Å². The SMILES string of the molecule is CCCCSC(SCCCC)c1ccc(OCCN2CCN(S(=O)(=O)Cc3ccccc3)CC2)c(OC)c1. The zero-order valence-electron chi connectivity index (χ0n) is 23.1. The van der Waals surface area contributed by atoms with Crippen LogP contribution in [-0.2, 0) is 15.8 Å². The van der Waals surface area contributed by atoms with Crippen LogP contribution in [0.4, 0.5) is 0 Å². The van der Waals surface area contributed by atoms with E-state index in [-0.39, 0.29) is 5.75 Å². The Morgan fingerprint density at radius 2 is 1.55 bits per heavy atom. The van der Waals surface area contributed by atoms with Crippen LogP contribution in [0.2, 0.25) is 0 Å². The van der Waals surface area contributed by atoms with Gasteiger partial charge in [-0.25, -0.2) is 8.42 Å². The van der Waals surface area contributed by atoms with E-state index < -0.39 is 10.0 Å². The molecule has 38 heavy (non-hydrogen) atoms. The van der Waals surface area contributed by atoms with Crippen LogP contribution in [0.1, 0.15) is 55.2 Å². The zero-order chi connectivity index (χ0) is 27.2. The molecule has 1 fully saturated rings. The van der Waals surface area contributed by atoms with Crippen molar-refractivity contribution in [3.63, 3.8) is 0 Å². The van der Waals surface area contributed by atoms with Crippen molar-refractivity contribution < 1.29 is 17.9 Å². The predicted octanol–water partition coefficient (Wildman–Crippen LogP) is 6.29. The number of benzene rings is 2. The Morgan fingerprint density at radius 1 is 0.895 bits per heavy atom. The molecule has 212 valence electrons. The normalized spacial score (nSPS) is 15.2. The number of hydrogen-bond donors (Lipinski definition) is 0. The topological polar surface area (TPSA) is 59.1 Å². The first-order chi connectivity index (χ1) is 18.5. The maximum Gasteiger partial charge on any atom is 0.218 e. The van der Waals surface area contributed by atoms with Crippen LogP contribution in [0, 0.1) is 0 Å². The van der Waals surface area contributed by atoms with E-state index >= 15 is 0 Å². The van der Waals surface area contributed by atoms with Gasteiger partial charge in [-0.15, -0.1) is 23.5 Å². The molecule has 1 heterocycles. The lowest BCUT2D eigenvalue weighted by atomic mass is 10.2. The fraction of sp³-hybridized carbons (Fsp3) is 0.586. The molecule has 9 heteroatoms. The van der Waals surface area contributed by atoms with Gasteiger partial charge in [0.25, 0.3) is 0 Å². The van der Waals surface area contributed by atoms with E-state index in [1.165, 1.54) is 42.8 Å². The third-order valence-electron chi connectivity index (χ3n) is 6.58. The lowest BCUT2D eigenvalue weighted by molar-refractivity contribution is 0.157. The number of rotatable bonds is 17. The van der Waals surface area contributed by atoms with E-state index in [9.17, 15) is 8.42 Å². The Bertz CT molecular complexity index is 1040. The highest BCUT2D eigenvalue weighted by Crippen LogP contribution is 2.43. The van der Waals surface area contributed by atoms with Crippen LogP contribution in [0.15, 0.2) is 48.5 Å². The van der Waals surface area contributed by atoms with Crippen molar-refractivity contribution in [1.82, 2.24) is 9.21 Å². The van der Waals surface area contributed by atoms with Gasteiger partial charge in [-0.3, -0.25) is 4.90 Å². The molecular weight excluding hydrogens is 537 g/mol. The lowest BCUT2D eigenvalue weighted by Crippen LogP contribution is -2.49. The number of methoxy groups -OCH3 is 1. The summed E-state index contributed by atoms with van der Waals surface area (Å²) < 4.78 is 39.5. The summed E-state index contributed by atoms with van der Waals surface area (Å²) in [6, 6.07) is 15.7. The molecule has 0 bridgehead atoms. The molecule has 0 saturated carbocycles. The number of thioether (sulfide) groups is 2. The first kappa shape index (κ1) is 31.1. The largest absolute Gasteiger partial charge is 0.493 e. The van der Waals surface area contributed by atoms with Crippen molar-refractivity contribution in [2.45, 2.75) is 49.9 Å². The van der Waals surface area contributed by atoms with E-state index in [0.717, 1.165) is 23.6 Å². The number of sulfonamides is 1. The van der Waals surface area contributed by atoms with Gasteiger partial charge in [0, 0.05) is 32.7 Å². The standard InChI is InChI=1S/C29H44N2O4S3/c1-4-6-21-36-29(37-22-7-5-2)26-13-14-27(28(23-26)34-3)35-20-19-30-15-17-31(18-16-30)38(32,33)24-25-11-9-8-10-12-25/h8-14,23,29H,4-7,15-22,24H2,1-3H3. The summed E-state index contributed by atoms with van der Waals surface area (Å²) in [5.41, 5.74) is 2.11. The Kier molecular flexibility index (Phi) is 13.6. The molecule has 0 unspecified atom stereocenters. The number of hydrogen-bond acceptors (Lipinski definition) is 7. The lowest BCUT2D eigenvalue weighted by Gasteiger charge is -2.33. The summed E-state index contributed by atoms with van der Waals surface area (Å²) >= 11 is 4.05. The molecule has 0 spiro atoms. The number of piperazine rings is 1. The Balaban J connectivity index is 1.49. The van der Waals surface area contributed by atoms with E-state index in [1.807, 2.05) is 59.9 Å². The van der Waals surface area contributed by atoms with Gasteiger partial charge < -0.3 is 9.47 Å². The van der Waals surface area contributed by atoms with Crippen molar-refractivity contribution in [1.29, 1.82) is 0 Å².